The number of hydrogen-bond donors (Lipinski definition) is 2. The monoisotopic (exact) mass is 266 g/mol. The molecule has 3 rings (SSSR count). The maximum atomic E-state index is 12.0. The summed E-state index contributed by atoms with van der Waals surface area (Å²) in [5.41, 5.74) is 3.33. The maximum absolute atomic E-state index is 12.0. The summed E-state index contributed by atoms with van der Waals surface area (Å²) >= 11 is 0. The molecule has 2 N–H and O–H groups in total. The van der Waals surface area contributed by atoms with Gasteiger partial charge in [-0.15, -0.1) is 0 Å². The molecule has 0 bridgehead atoms. The van der Waals surface area contributed by atoms with E-state index in [1.165, 1.54) is 5.56 Å². The third kappa shape index (κ3) is 2.89. The van der Waals surface area contributed by atoms with Crippen LogP contribution >= 0.6 is 0 Å². The van der Waals surface area contributed by atoms with Crippen molar-refractivity contribution in [1.29, 1.82) is 0 Å². The van der Waals surface area contributed by atoms with Crippen molar-refractivity contribution in [3.63, 3.8) is 0 Å². The van der Waals surface area contributed by atoms with Crippen molar-refractivity contribution in [3.05, 3.63) is 65.7 Å². The lowest BCUT2D eigenvalue weighted by atomic mass is 10.0. The second-order valence-electron chi connectivity index (χ2n) is 5.16. The number of rotatable bonds is 4. The van der Waals surface area contributed by atoms with Gasteiger partial charge >= 0.3 is 0 Å². The summed E-state index contributed by atoms with van der Waals surface area (Å²) in [5, 5.41) is 6.18. The van der Waals surface area contributed by atoms with Crippen LogP contribution < -0.4 is 10.6 Å². The number of carbonyl (C=O) groups excluding carboxylic acids is 1. The highest BCUT2D eigenvalue weighted by Crippen LogP contribution is 2.20. The van der Waals surface area contributed by atoms with Crippen LogP contribution in [-0.4, -0.2) is 19.0 Å². The molecule has 1 fully saturated rings. The van der Waals surface area contributed by atoms with E-state index in [1.807, 2.05) is 36.4 Å². The molecule has 0 saturated carbocycles. The number of amides is 1. The SMILES string of the molecule is O=C(Nc1ccccc1Cc1ccccc1)C1CNC1. The van der Waals surface area contributed by atoms with Crippen LogP contribution in [0.1, 0.15) is 11.1 Å². The predicted octanol–water partition coefficient (Wildman–Crippen LogP) is 2.44. The summed E-state index contributed by atoms with van der Waals surface area (Å²) in [6, 6.07) is 18.3. The van der Waals surface area contributed by atoms with E-state index >= 15 is 0 Å². The van der Waals surface area contributed by atoms with Crippen LogP contribution in [0.4, 0.5) is 5.69 Å². The minimum atomic E-state index is 0.111. The highest BCUT2D eigenvalue weighted by molar-refractivity contribution is 5.94. The highest BCUT2D eigenvalue weighted by atomic mass is 16.2. The van der Waals surface area contributed by atoms with Gasteiger partial charge in [0.05, 0.1) is 5.92 Å². The van der Waals surface area contributed by atoms with E-state index in [0.29, 0.717) is 0 Å². The molecule has 1 aliphatic heterocycles. The molecule has 3 heteroatoms. The van der Waals surface area contributed by atoms with Gasteiger partial charge in [0.15, 0.2) is 0 Å². The van der Waals surface area contributed by atoms with Crippen molar-refractivity contribution in [3.8, 4) is 0 Å². The van der Waals surface area contributed by atoms with Gasteiger partial charge in [0.1, 0.15) is 0 Å². The molecule has 2 aromatic rings. The first kappa shape index (κ1) is 12.9. The number of benzene rings is 2. The normalized spacial score (nSPS) is 14.6. The molecule has 1 aliphatic rings. The van der Waals surface area contributed by atoms with Gasteiger partial charge in [-0.2, -0.15) is 0 Å². The third-order valence-electron chi connectivity index (χ3n) is 3.66. The Morgan fingerprint density at radius 1 is 1.05 bits per heavy atom. The molecule has 0 unspecified atom stereocenters. The van der Waals surface area contributed by atoms with E-state index in [-0.39, 0.29) is 11.8 Å². The quantitative estimate of drug-likeness (QED) is 0.892. The molecule has 3 nitrogen and oxygen atoms in total. The standard InChI is InChI=1S/C17H18N2O/c20-17(15-11-18-12-15)19-16-9-5-4-8-14(16)10-13-6-2-1-3-7-13/h1-9,15,18H,10-12H2,(H,19,20). The van der Waals surface area contributed by atoms with E-state index in [2.05, 4.69) is 28.8 Å². The zero-order chi connectivity index (χ0) is 13.8. The lowest BCUT2D eigenvalue weighted by molar-refractivity contribution is -0.121. The van der Waals surface area contributed by atoms with Crippen molar-refractivity contribution < 1.29 is 4.79 Å². The summed E-state index contributed by atoms with van der Waals surface area (Å²) in [6.45, 7) is 1.57. The van der Waals surface area contributed by atoms with Crippen molar-refractivity contribution in [2.75, 3.05) is 18.4 Å². The van der Waals surface area contributed by atoms with Crippen LogP contribution in [0, 0.1) is 5.92 Å². The van der Waals surface area contributed by atoms with Crippen LogP contribution in [0.2, 0.25) is 0 Å². The Hall–Kier alpha value is -2.13. The van der Waals surface area contributed by atoms with Gasteiger partial charge in [-0.25, -0.2) is 0 Å². The topological polar surface area (TPSA) is 41.1 Å². The van der Waals surface area contributed by atoms with Gasteiger partial charge in [0.25, 0.3) is 0 Å². The Morgan fingerprint density at radius 2 is 1.75 bits per heavy atom. The summed E-state index contributed by atoms with van der Waals surface area (Å²) in [4.78, 5) is 12.0. The fourth-order valence-corrected chi connectivity index (χ4v) is 2.32. The molecule has 0 aliphatic carbocycles. The Bertz CT molecular complexity index is 591. The van der Waals surface area contributed by atoms with E-state index in [0.717, 1.165) is 30.8 Å². The van der Waals surface area contributed by atoms with Crippen molar-refractivity contribution in [2.24, 2.45) is 5.92 Å². The Morgan fingerprint density at radius 3 is 2.45 bits per heavy atom. The molecule has 1 heterocycles. The number of anilines is 1. The van der Waals surface area contributed by atoms with Crippen LogP contribution in [0.5, 0.6) is 0 Å². The van der Waals surface area contributed by atoms with Crippen LogP contribution in [0.15, 0.2) is 54.6 Å². The minimum Gasteiger partial charge on any atom is -0.326 e. The maximum Gasteiger partial charge on any atom is 0.230 e. The first-order valence-corrected chi connectivity index (χ1v) is 6.96. The lowest BCUT2D eigenvalue weighted by Crippen LogP contribution is -2.48. The van der Waals surface area contributed by atoms with E-state index in [1.54, 1.807) is 0 Å². The lowest BCUT2D eigenvalue weighted by Gasteiger charge is -2.26. The van der Waals surface area contributed by atoms with Gasteiger partial charge in [-0.3, -0.25) is 4.79 Å². The smallest absolute Gasteiger partial charge is 0.230 e. The van der Waals surface area contributed by atoms with Crippen LogP contribution in [0.25, 0.3) is 0 Å². The molecule has 1 saturated heterocycles. The molecule has 0 radical (unpaired) electrons. The Kier molecular flexibility index (Phi) is 3.79. The fraction of sp³-hybridized carbons (Fsp3) is 0.235. The van der Waals surface area contributed by atoms with Gasteiger partial charge in [0, 0.05) is 18.8 Å². The zero-order valence-corrected chi connectivity index (χ0v) is 11.3. The molecular formula is C17H18N2O. The van der Waals surface area contributed by atoms with Gasteiger partial charge in [0.2, 0.25) is 5.91 Å². The molecule has 0 aromatic heterocycles. The summed E-state index contributed by atoms with van der Waals surface area (Å²) in [6.07, 6.45) is 0.834. The van der Waals surface area contributed by atoms with E-state index in [4.69, 9.17) is 0 Å². The molecule has 0 atom stereocenters. The second kappa shape index (κ2) is 5.88. The van der Waals surface area contributed by atoms with Gasteiger partial charge in [-0.1, -0.05) is 48.5 Å². The molecule has 1 amide bonds. The van der Waals surface area contributed by atoms with Crippen molar-refractivity contribution in [2.45, 2.75) is 6.42 Å². The molecule has 102 valence electrons. The Balaban J connectivity index is 1.75. The molecular weight excluding hydrogens is 248 g/mol. The molecule has 20 heavy (non-hydrogen) atoms. The summed E-state index contributed by atoms with van der Waals surface area (Å²) < 4.78 is 0. The Labute approximate surface area is 119 Å². The second-order valence-corrected chi connectivity index (χ2v) is 5.16. The number of nitrogens with one attached hydrogen (secondary N) is 2. The summed E-state index contributed by atoms with van der Waals surface area (Å²) in [7, 11) is 0. The zero-order valence-electron chi connectivity index (χ0n) is 11.3. The van der Waals surface area contributed by atoms with Crippen molar-refractivity contribution in [1.82, 2.24) is 5.32 Å². The van der Waals surface area contributed by atoms with Gasteiger partial charge in [-0.05, 0) is 23.6 Å². The van der Waals surface area contributed by atoms with E-state index < -0.39 is 0 Å². The first-order valence-electron chi connectivity index (χ1n) is 6.96. The highest BCUT2D eigenvalue weighted by Gasteiger charge is 2.25. The number of para-hydroxylation sites is 1. The molecule has 0 spiro atoms. The third-order valence-corrected chi connectivity index (χ3v) is 3.66. The van der Waals surface area contributed by atoms with Crippen molar-refractivity contribution >= 4 is 11.6 Å². The summed E-state index contributed by atoms with van der Waals surface area (Å²) in [5.74, 6) is 0.226. The van der Waals surface area contributed by atoms with Crippen LogP contribution in [0.3, 0.4) is 0 Å². The van der Waals surface area contributed by atoms with E-state index in [9.17, 15) is 4.79 Å². The predicted molar refractivity (Wildman–Crippen MR) is 80.7 cm³/mol. The molecule has 2 aromatic carbocycles. The fourth-order valence-electron chi connectivity index (χ4n) is 2.32. The average Bonchev–Trinajstić information content (AvgIpc) is 2.40. The largest absolute Gasteiger partial charge is 0.326 e. The number of carbonyl (C=O) groups is 1. The first-order chi connectivity index (χ1) is 9.83. The number of hydrogen-bond acceptors (Lipinski definition) is 2. The minimum absolute atomic E-state index is 0.111. The average molecular weight is 266 g/mol. The van der Waals surface area contributed by atoms with Crippen LogP contribution in [-0.2, 0) is 11.2 Å². The van der Waals surface area contributed by atoms with Gasteiger partial charge < -0.3 is 10.6 Å².